The van der Waals surface area contributed by atoms with Crippen molar-refractivity contribution < 1.29 is 0 Å². The molecule has 1 unspecified atom stereocenters. The summed E-state index contributed by atoms with van der Waals surface area (Å²) < 4.78 is 1.65. The zero-order chi connectivity index (χ0) is 16.0. The second-order valence-electron chi connectivity index (χ2n) is 6.88. The van der Waals surface area contributed by atoms with E-state index in [4.69, 9.17) is 0 Å². The van der Waals surface area contributed by atoms with Gasteiger partial charge in [0.2, 0.25) is 0 Å². The highest BCUT2D eigenvalue weighted by atomic mass is 16.1. The molecule has 0 saturated carbocycles. The number of rotatable bonds is 7. The molecular formula is C17H31N3O. The van der Waals surface area contributed by atoms with Gasteiger partial charge in [0.15, 0.2) is 0 Å². The van der Waals surface area contributed by atoms with Gasteiger partial charge >= 0.3 is 0 Å². The molecule has 0 aromatic carbocycles. The minimum Gasteiger partial charge on any atom is -0.310 e. The van der Waals surface area contributed by atoms with E-state index in [0.717, 1.165) is 30.5 Å². The molecule has 1 rings (SSSR count). The van der Waals surface area contributed by atoms with Crippen LogP contribution in [0.4, 0.5) is 0 Å². The first kappa shape index (κ1) is 17.9. The zero-order valence-corrected chi connectivity index (χ0v) is 14.5. The summed E-state index contributed by atoms with van der Waals surface area (Å²) in [5.74, 6) is 0. The fourth-order valence-electron chi connectivity index (χ4n) is 1.98. The van der Waals surface area contributed by atoms with Gasteiger partial charge in [0.05, 0.1) is 5.69 Å². The summed E-state index contributed by atoms with van der Waals surface area (Å²) in [6.07, 6.45) is 3.11. The predicted octanol–water partition coefficient (Wildman–Crippen LogP) is 3.23. The highest BCUT2D eigenvalue weighted by Crippen LogP contribution is 2.19. The van der Waals surface area contributed by atoms with Crippen molar-refractivity contribution in [1.82, 2.24) is 15.1 Å². The molecule has 0 aliphatic carbocycles. The van der Waals surface area contributed by atoms with Crippen molar-refractivity contribution in [3.63, 3.8) is 0 Å². The summed E-state index contributed by atoms with van der Waals surface area (Å²) in [5.41, 5.74) is 1.81. The molecule has 4 heteroatoms. The molecule has 120 valence electrons. The Hall–Kier alpha value is -1.16. The Balaban J connectivity index is 3.12. The third-order valence-electron chi connectivity index (χ3n) is 3.79. The molecule has 1 N–H and O–H groups in total. The topological polar surface area (TPSA) is 46.9 Å². The van der Waals surface area contributed by atoms with Crippen LogP contribution >= 0.6 is 0 Å². The maximum atomic E-state index is 12.5. The lowest BCUT2D eigenvalue weighted by Crippen LogP contribution is -2.34. The molecule has 0 aliphatic heterocycles. The van der Waals surface area contributed by atoms with E-state index in [1.165, 1.54) is 0 Å². The smallest absolute Gasteiger partial charge is 0.271 e. The molecule has 21 heavy (non-hydrogen) atoms. The van der Waals surface area contributed by atoms with E-state index in [1.807, 2.05) is 6.07 Å². The molecule has 0 fully saturated rings. The van der Waals surface area contributed by atoms with Crippen molar-refractivity contribution in [3.8, 4) is 0 Å². The Morgan fingerprint density at radius 3 is 2.52 bits per heavy atom. The molecule has 0 radical (unpaired) electrons. The zero-order valence-electron chi connectivity index (χ0n) is 14.5. The van der Waals surface area contributed by atoms with Crippen LogP contribution in [0.3, 0.4) is 0 Å². The molecule has 0 bridgehead atoms. The van der Waals surface area contributed by atoms with E-state index in [1.54, 1.807) is 4.68 Å². The number of nitrogens with zero attached hydrogens (tertiary/aromatic N) is 2. The van der Waals surface area contributed by atoms with Gasteiger partial charge in [-0.3, -0.25) is 4.79 Å². The molecule has 0 saturated heterocycles. The second-order valence-corrected chi connectivity index (χ2v) is 6.88. The van der Waals surface area contributed by atoms with Crippen LogP contribution in [-0.4, -0.2) is 15.8 Å². The largest absolute Gasteiger partial charge is 0.310 e. The lowest BCUT2D eigenvalue weighted by Gasteiger charge is -2.20. The van der Waals surface area contributed by atoms with Crippen molar-refractivity contribution in [2.45, 2.75) is 85.4 Å². The Morgan fingerprint density at radius 1 is 1.33 bits per heavy atom. The fourth-order valence-corrected chi connectivity index (χ4v) is 1.98. The number of aromatic nitrogens is 2. The van der Waals surface area contributed by atoms with Crippen LogP contribution in [0.2, 0.25) is 0 Å². The van der Waals surface area contributed by atoms with Crippen molar-refractivity contribution in [3.05, 3.63) is 27.7 Å². The van der Waals surface area contributed by atoms with Gasteiger partial charge in [-0.05, 0) is 25.8 Å². The van der Waals surface area contributed by atoms with Gasteiger partial charge < -0.3 is 5.32 Å². The Kier molecular flexibility index (Phi) is 6.59. The average Bonchev–Trinajstić information content (AvgIpc) is 2.43. The van der Waals surface area contributed by atoms with Crippen LogP contribution in [0.5, 0.6) is 0 Å². The number of nitrogens with one attached hydrogen (secondary N) is 1. The molecule has 0 aliphatic rings. The van der Waals surface area contributed by atoms with Crippen LogP contribution in [0, 0.1) is 0 Å². The van der Waals surface area contributed by atoms with Crippen LogP contribution in [0.15, 0.2) is 10.9 Å². The summed E-state index contributed by atoms with van der Waals surface area (Å²) in [4.78, 5) is 12.5. The number of hydrogen-bond donors (Lipinski definition) is 1. The van der Waals surface area contributed by atoms with E-state index < -0.39 is 0 Å². The molecule has 1 aromatic heterocycles. The highest BCUT2D eigenvalue weighted by Gasteiger charge is 2.19. The Bertz CT molecular complexity index is 500. The first-order valence-corrected chi connectivity index (χ1v) is 8.14. The lowest BCUT2D eigenvalue weighted by atomic mass is 9.91. The Labute approximate surface area is 129 Å². The second kappa shape index (κ2) is 7.74. The number of unbranched alkanes of at least 4 members (excludes halogenated alkanes) is 1. The van der Waals surface area contributed by atoms with Gasteiger partial charge in [-0.1, -0.05) is 41.0 Å². The first-order valence-electron chi connectivity index (χ1n) is 8.14. The number of aryl methyl sites for hydroxylation is 1. The minimum atomic E-state index is -0.0488. The van der Waals surface area contributed by atoms with Crippen molar-refractivity contribution in [1.29, 1.82) is 0 Å². The quantitative estimate of drug-likeness (QED) is 0.839. The lowest BCUT2D eigenvalue weighted by molar-refractivity contribution is 0.473. The SMILES string of the molecule is CCCCn1nc(C(C)(C)C)cc(CNC(C)CC)c1=O. The van der Waals surface area contributed by atoms with E-state index in [-0.39, 0.29) is 11.0 Å². The third-order valence-corrected chi connectivity index (χ3v) is 3.79. The predicted molar refractivity (Wildman–Crippen MR) is 88.7 cm³/mol. The summed E-state index contributed by atoms with van der Waals surface area (Å²) in [5, 5.41) is 7.98. The monoisotopic (exact) mass is 293 g/mol. The molecule has 1 aromatic rings. The molecular weight excluding hydrogens is 262 g/mol. The van der Waals surface area contributed by atoms with Gasteiger partial charge in [0.1, 0.15) is 0 Å². The summed E-state index contributed by atoms with van der Waals surface area (Å²) in [7, 11) is 0. The minimum absolute atomic E-state index is 0.0484. The Morgan fingerprint density at radius 2 is 2.00 bits per heavy atom. The van der Waals surface area contributed by atoms with E-state index >= 15 is 0 Å². The first-order chi connectivity index (χ1) is 9.79. The molecule has 0 amide bonds. The standard InChI is InChI=1S/C17H31N3O/c1-7-9-10-20-16(21)14(12-18-13(3)8-2)11-15(19-20)17(4,5)6/h11,13,18H,7-10,12H2,1-6H3. The van der Waals surface area contributed by atoms with Crippen LogP contribution in [-0.2, 0) is 18.5 Å². The van der Waals surface area contributed by atoms with E-state index in [9.17, 15) is 4.79 Å². The van der Waals surface area contributed by atoms with Gasteiger partial charge in [0, 0.05) is 30.1 Å². The fraction of sp³-hybridized carbons (Fsp3) is 0.765. The molecule has 1 atom stereocenters. The van der Waals surface area contributed by atoms with Gasteiger partial charge in [-0.15, -0.1) is 0 Å². The summed E-state index contributed by atoms with van der Waals surface area (Å²) in [6.45, 7) is 14.1. The van der Waals surface area contributed by atoms with Gasteiger partial charge in [-0.25, -0.2) is 4.68 Å². The van der Waals surface area contributed by atoms with E-state index in [0.29, 0.717) is 19.1 Å². The number of hydrogen-bond acceptors (Lipinski definition) is 3. The van der Waals surface area contributed by atoms with Crippen LogP contribution in [0.25, 0.3) is 0 Å². The average molecular weight is 293 g/mol. The van der Waals surface area contributed by atoms with Crippen molar-refractivity contribution in [2.75, 3.05) is 0 Å². The van der Waals surface area contributed by atoms with Crippen LogP contribution in [0.1, 0.15) is 72.1 Å². The van der Waals surface area contributed by atoms with Crippen LogP contribution < -0.4 is 10.9 Å². The third kappa shape index (κ3) is 5.27. The van der Waals surface area contributed by atoms with Gasteiger partial charge in [0.25, 0.3) is 5.56 Å². The molecule has 4 nitrogen and oxygen atoms in total. The molecule has 1 heterocycles. The van der Waals surface area contributed by atoms with Crippen molar-refractivity contribution >= 4 is 0 Å². The normalized spacial score (nSPS) is 13.4. The van der Waals surface area contributed by atoms with Crippen molar-refractivity contribution in [2.24, 2.45) is 0 Å². The van der Waals surface area contributed by atoms with E-state index in [2.05, 4.69) is 52.0 Å². The maximum absolute atomic E-state index is 12.5. The maximum Gasteiger partial charge on any atom is 0.271 e. The summed E-state index contributed by atoms with van der Waals surface area (Å²) >= 11 is 0. The summed E-state index contributed by atoms with van der Waals surface area (Å²) in [6, 6.07) is 2.39. The highest BCUT2D eigenvalue weighted by molar-refractivity contribution is 5.19. The molecule has 0 spiro atoms. The van der Waals surface area contributed by atoms with Gasteiger partial charge in [-0.2, -0.15) is 5.10 Å².